The van der Waals surface area contributed by atoms with Crippen LogP contribution >= 0.6 is 0 Å². The van der Waals surface area contributed by atoms with Crippen molar-refractivity contribution in [2.75, 3.05) is 26.2 Å². The van der Waals surface area contributed by atoms with E-state index < -0.39 is 36.4 Å². The van der Waals surface area contributed by atoms with Gasteiger partial charge in [-0.05, 0) is 27.2 Å². The Kier molecular flexibility index (Phi) is 7.67. The highest BCUT2D eigenvalue weighted by atomic mass is 19.4. The molecule has 1 heterocycles. The molecule has 1 aliphatic heterocycles. The number of rotatable bonds is 5. The Morgan fingerprint density at radius 2 is 1.85 bits per heavy atom. The molecular weight excluding hydrogens is 367 g/mol. The van der Waals surface area contributed by atoms with E-state index in [2.05, 4.69) is 6.58 Å². The van der Waals surface area contributed by atoms with Gasteiger partial charge < -0.3 is 19.9 Å². The first-order valence-electron chi connectivity index (χ1n) is 8.57. The summed E-state index contributed by atoms with van der Waals surface area (Å²) in [6.45, 7) is 6.94. The molecule has 0 aromatic heterocycles. The SMILES string of the molecule is C=CCCC(=O)N1CCN(C(=O)OC(C)(C)C)C[C@H]1C(=O)NCC(F)(F)F. The van der Waals surface area contributed by atoms with Crippen molar-refractivity contribution >= 4 is 17.9 Å². The van der Waals surface area contributed by atoms with Crippen LogP contribution in [0.25, 0.3) is 0 Å². The summed E-state index contributed by atoms with van der Waals surface area (Å²) in [5.74, 6) is -1.35. The largest absolute Gasteiger partial charge is 0.444 e. The zero-order valence-electron chi connectivity index (χ0n) is 15.8. The van der Waals surface area contributed by atoms with Gasteiger partial charge in [-0.2, -0.15) is 13.2 Å². The van der Waals surface area contributed by atoms with E-state index in [-0.39, 0.29) is 32.0 Å². The van der Waals surface area contributed by atoms with Gasteiger partial charge in [0.05, 0.1) is 6.54 Å². The van der Waals surface area contributed by atoms with E-state index in [9.17, 15) is 27.6 Å². The average Bonchev–Trinajstić information content (AvgIpc) is 2.54. The van der Waals surface area contributed by atoms with Crippen molar-refractivity contribution < 1.29 is 32.3 Å². The fourth-order valence-corrected chi connectivity index (χ4v) is 2.47. The van der Waals surface area contributed by atoms with E-state index in [1.165, 1.54) is 15.9 Å². The predicted molar refractivity (Wildman–Crippen MR) is 91.8 cm³/mol. The van der Waals surface area contributed by atoms with Crippen molar-refractivity contribution in [1.82, 2.24) is 15.1 Å². The maximum Gasteiger partial charge on any atom is 0.410 e. The lowest BCUT2D eigenvalue weighted by atomic mass is 10.1. The number of amides is 3. The highest BCUT2D eigenvalue weighted by molar-refractivity contribution is 5.88. The Morgan fingerprint density at radius 3 is 2.37 bits per heavy atom. The molecule has 154 valence electrons. The normalized spacial score (nSPS) is 18.1. The summed E-state index contributed by atoms with van der Waals surface area (Å²) in [6.07, 6.45) is -3.27. The van der Waals surface area contributed by atoms with Gasteiger partial charge in [0.2, 0.25) is 11.8 Å². The second kappa shape index (κ2) is 9.09. The number of hydrogen-bond donors (Lipinski definition) is 1. The molecule has 10 heteroatoms. The zero-order chi connectivity index (χ0) is 20.8. The Hall–Kier alpha value is -2.26. The number of hydrogen-bond acceptors (Lipinski definition) is 4. The summed E-state index contributed by atoms with van der Waals surface area (Å²) in [6, 6.07) is -1.22. The first-order valence-corrected chi connectivity index (χ1v) is 8.57. The van der Waals surface area contributed by atoms with Crippen LogP contribution in [0.2, 0.25) is 0 Å². The van der Waals surface area contributed by atoms with Crippen LogP contribution in [0.3, 0.4) is 0 Å². The molecule has 0 saturated carbocycles. The van der Waals surface area contributed by atoms with Gasteiger partial charge in [-0.1, -0.05) is 6.08 Å². The third-order valence-corrected chi connectivity index (χ3v) is 3.68. The van der Waals surface area contributed by atoms with Gasteiger partial charge in [0.15, 0.2) is 0 Å². The van der Waals surface area contributed by atoms with Crippen LogP contribution < -0.4 is 5.32 Å². The molecule has 1 saturated heterocycles. The maximum absolute atomic E-state index is 12.4. The van der Waals surface area contributed by atoms with Crippen molar-refractivity contribution in [3.63, 3.8) is 0 Å². The molecule has 0 unspecified atom stereocenters. The van der Waals surface area contributed by atoms with E-state index in [1.54, 1.807) is 26.1 Å². The monoisotopic (exact) mass is 393 g/mol. The van der Waals surface area contributed by atoms with Crippen molar-refractivity contribution in [2.24, 2.45) is 0 Å². The number of carbonyl (C=O) groups is 3. The molecule has 1 aliphatic rings. The van der Waals surface area contributed by atoms with Gasteiger partial charge in [0, 0.05) is 19.5 Å². The number of nitrogens with one attached hydrogen (secondary N) is 1. The van der Waals surface area contributed by atoms with Crippen LogP contribution in [0.5, 0.6) is 0 Å². The van der Waals surface area contributed by atoms with Gasteiger partial charge in [-0.25, -0.2) is 4.79 Å². The average molecular weight is 393 g/mol. The predicted octanol–water partition coefficient (Wildman–Crippen LogP) is 2.08. The molecule has 1 rings (SSSR count). The third-order valence-electron chi connectivity index (χ3n) is 3.68. The number of nitrogens with zero attached hydrogens (tertiary/aromatic N) is 2. The number of ether oxygens (including phenoxy) is 1. The minimum atomic E-state index is -4.58. The van der Waals surface area contributed by atoms with E-state index in [4.69, 9.17) is 4.74 Å². The summed E-state index contributed by atoms with van der Waals surface area (Å²) in [5, 5.41) is 1.78. The highest BCUT2D eigenvalue weighted by Crippen LogP contribution is 2.18. The molecular formula is C17H26F3N3O4. The first kappa shape index (κ1) is 22.8. The molecule has 27 heavy (non-hydrogen) atoms. The van der Waals surface area contributed by atoms with Gasteiger partial charge in [0.25, 0.3) is 0 Å². The number of halogens is 3. The smallest absolute Gasteiger partial charge is 0.410 e. The van der Waals surface area contributed by atoms with E-state index in [0.717, 1.165) is 0 Å². The molecule has 0 spiro atoms. The fraction of sp³-hybridized carbons (Fsp3) is 0.706. The van der Waals surface area contributed by atoms with Gasteiger partial charge in [-0.3, -0.25) is 9.59 Å². The topological polar surface area (TPSA) is 79.0 Å². The molecule has 0 aromatic carbocycles. The number of piperazine rings is 1. The molecule has 1 fully saturated rings. The Morgan fingerprint density at radius 1 is 1.22 bits per heavy atom. The summed E-state index contributed by atoms with van der Waals surface area (Å²) in [4.78, 5) is 39.3. The van der Waals surface area contributed by atoms with Crippen LogP contribution in [0.4, 0.5) is 18.0 Å². The van der Waals surface area contributed by atoms with Crippen molar-refractivity contribution in [3.8, 4) is 0 Å². The number of carbonyl (C=O) groups excluding carboxylic acids is 3. The molecule has 7 nitrogen and oxygen atoms in total. The zero-order valence-corrected chi connectivity index (χ0v) is 15.8. The molecule has 0 aliphatic carbocycles. The molecule has 1 N–H and O–H groups in total. The highest BCUT2D eigenvalue weighted by Gasteiger charge is 2.39. The first-order chi connectivity index (χ1) is 12.3. The third kappa shape index (κ3) is 7.88. The lowest BCUT2D eigenvalue weighted by Gasteiger charge is -2.40. The second-order valence-electron chi connectivity index (χ2n) is 7.19. The van der Waals surface area contributed by atoms with Crippen LogP contribution in [0.1, 0.15) is 33.6 Å². The molecule has 3 amide bonds. The van der Waals surface area contributed by atoms with Crippen molar-refractivity contribution in [1.29, 1.82) is 0 Å². The van der Waals surface area contributed by atoms with E-state index in [1.807, 2.05) is 0 Å². The molecule has 0 aromatic rings. The lowest BCUT2D eigenvalue weighted by molar-refractivity contribution is -0.149. The van der Waals surface area contributed by atoms with Crippen LogP contribution in [0.15, 0.2) is 12.7 Å². The van der Waals surface area contributed by atoms with Gasteiger partial charge in [-0.15, -0.1) is 6.58 Å². The molecule has 1 atom stereocenters. The number of alkyl halides is 3. The van der Waals surface area contributed by atoms with Gasteiger partial charge in [0.1, 0.15) is 18.2 Å². The summed E-state index contributed by atoms with van der Waals surface area (Å²) in [7, 11) is 0. The van der Waals surface area contributed by atoms with E-state index in [0.29, 0.717) is 6.42 Å². The molecule has 0 bridgehead atoms. The Balaban J connectivity index is 2.90. The second-order valence-corrected chi connectivity index (χ2v) is 7.19. The Labute approximate surface area is 156 Å². The number of allylic oxidation sites excluding steroid dienone is 1. The van der Waals surface area contributed by atoms with Crippen molar-refractivity contribution in [2.45, 2.75) is 51.4 Å². The van der Waals surface area contributed by atoms with Crippen molar-refractivity contribution in [3.05, 3.63) is 12.7 Å². The minimum Gasteiger partial charge on any atom is -0.444 e. The standard InChI is InChI=1S/C17H26F3N3O4/c1-5-6-7-13(24)23-9-8-22(15(26)27-16(2,3)4)10-12(23)14(25)21-11-17(18,19)20/h5,12H,1,6-11H2,2-4H3,(H,21,25)/t12-/m0/s1. The lowest BCUT2D eigenvalue weighted by Crippen LogP contribution is -2.62. The summed E-state index contributed by atoms with van der Waals surface area (Å²) in [5.41, 5.74) is -0.762. The quantitative estimate of drug-likeness (QED) is 0.726. The van der Waals surface area contributed by atoms with Crippen LogP contribution in [0, 0.1) is 0 Å². The van der Waals surface area contributed by atoms with Crippen LogP contribution in [-0.2, 0) is 14.3 Å². The minimum absolute atomic E-state index is 0.0271. The summed E-state index contributed by atoms with van der Waals surface area (Å²) >= 11 is 0. The molecule has 0 radical (unpaired) electrons. The summed E-state index contributed by atoms with van der Waals surface area (Å²) < 4.78 is 42.5. The van der Waals surface area contributed by atoms with E-state index >= 15 is 0 Å². The Bertz CT molecular complexity index is 573. The fourth-order valence-electron chi connectivity index (χ4n) is 2.47. The maximum atomic E-state index is 12.4. The van der Waals surface area contributed by atoms with Gasteiger partial charge >= 0.3 is 12.3 Å². The van der Waals surface area contributed by atoms with Crippen LogP contribution in [-0.4, -0.2) is 71.7 Å².